The van der Waals surface area contributed by atoms with Gasteiger partial charge in [-0.2, -0.15) is 0 Å². The molecule has 0 spiro atoms. The highest BCUT2D eigenvalue weighted by Crippen LogP contribution is 2.08. The first-order valence-corrected chi connectivity index (χ1v) is 3.40. The summed E-state index contributed by atoms with van der Waals surface area (Å²) in [6.45, 7) is 1.49. The molecule has 0 aromatic heterocycles. The quantitative estimate of drug-likeness (QED) is 0.497. The summed E-state index contributed by atoms with van der Waals surface area (Å²) in [4.78, 5) is 12.5. The van der Waals surface area contributed by atoms with Gasteiger partial charge < -0.3 is 15.7 Å². The molecule has 1 heterocycles. The van der Waals surface area contributed by atoms with E-state index in [1.165, 1.54) is 0 Å². The van der Waals surface area contributed by atoms with Crippen molar-refractivity contribution in [1.82, 2.24) is 4.90 Å². The molecule has 0 saturated carbocycles. The molecule has 1 aliphatic rings. The zero-order valence-electron chi connectivity index (χ0n) is 5.79. The van der Waals surface area contributed by atoms with Crippen LogP contribution in [-0.2, 0) is 4.79 Å². The number of nitrogens with two attached hydrogens (primary N) is 1. The van der Waals surface area contributed by atoms with Gasteiger partial charge in [-0.1, -0.05) is 0 Å². The van der Waals surface area contributed by atoms with Crippen LogP contribution in [0.4, 0.5) is 0 Å². The zero-order valence-corrected chi connectivity index (χ0v) is 5.79. The van der Waals surface area contributed by atoms with Crippen molar-refractivity contribution < 1.29 is 9.90 Å². The van der Waals surface area contributed by atoms with Crippen molar-refractivity contribution >= 4 is 5.91 Å². The number of aliphatic hydroxyl groups excluding tert-OH is 1. The van der Waals surface area contributed by atoms with Crippen LogP contribution in [0.25, 0.3) is 0 Å². The van der Waals surface area contributed by atoms with Crippen molar-refractivity contribution in [3.8, 4) is 0 Å². The van der Waals surface area contributed by atoms with E-state index < -0.39 is 6.10 Å². The molecule has 58 valence electrons. The molecule has 1 rings (SSSR count). The van der Waals surface area contributed by atoms with Gasteiger partial charge in [-0.15, -0.1) is 0 Å². The van der Waals surface area contributed by atoms with Crippen LogP contribution in [0.3, 0.4) is 0 Å². The number of rotatable bonds is 2. The predicted molar refractivity (Wildman–Crippen MR) is 36.3 cm³/mol. The lowest BCUT2D eigenvalue weighted by Crippen LogP contribution is -2.31. The molecular formula is C6H12N2O2. The normalized spacial score (nSPS) is 26.0. The SMILES string of the molecule is NCCN1CC(O)CC1=O. The maximum Gasteiger partial charge on any atom is 0.225 e. The predicted octanol–water partition coefficient (Wildman–Crippen LogP) is -1.46. The van der Waals surface area contributed by atoms with Crippen molar-refractivity contribution in [2.45, 2.75) is 12.5 Å². The first kappa shape index (κ1) is 7.50. The average Bonchev–Trinajstić information content (AvgIpc) is 2.13. The van der Waals surface area contributed by atoms with Crippen molar-refractivity contribution in [3.05, 3.63) is 0 Å². The molecule has 0 bridgehead atoms. The van der Waals surface area contributed by atoms with Gasteiger partial charge in [0, 0.05) is 19.6 Å². The van der Waals surface area contributed by atoms with Crippen LogP contribution in [0, 0.1) is 0 Å². The van der Waals surface area contributed by atoms with Crippen LogP contribution in [0.1, 0.15) is 6.42 Å². The minimum atomic E-state index is -0.473. The smallest absolute Gasteiger partial charge is 0.225 e. The summed E-state index contributed by atoms with van der Waals surface area (Å²) in [5.41, 5.74) is 5.24. The molecule has 10 heavy (non-hydrogen) atoms. The standard InChI is InChI=1S/C6H12N2O2/c7-1-2-8-4-5(9)3-6(8)10/h5,9H,1-4,7H2. The van der Waals surface area contributed by atoms with Gasteiger partial charge in [0.25, 0.3) is 0 Å². The molecule has 0 aromatic carbocycles. The summed E-state index contributed by atoms with van der Waals surface area (Å²) in [5.74, 6) is 0.0120. The van der Waals surface area contributed by atoms with Gasteiger partial charge in [0.2, 0.25) is 5.91 Å². The third-order valence-corrected chi connectivity index (χ3v) is 1.59. The van der Waals surface area contributed by atoms with Crippen molar-refractivity contribution in [2.75, 3.05) is 19.6 Å². The molecule has 0 aromatic rings. The summed E-state index contributed by atoms with van der Waals surface area (Å²) < 4.78 is 0. The number of hydrogen-bond acceptors (Lipinski definition) is 3. The third kappa shape index (κ3) is 1.46. The molecule has 0 radical (unpaired) electrons. The average molecular weight is 144 g/mol. The highest BCUT2D eigenvalue weighted by molar-refractivity contribution is 5.78. The Morgan fingerprint density at radius 1 is 1.80 bits per heavy atom. The van der Waals surface area contributed by atoms with E-state index in [1.807, 2.05) is 0 Å². The molecule has 0 aliphatic carbocycles. The summed E-state index contributed by atoms with van der Waals surface area (Å²) in [6, 6.07) is 0. The Bertz CT molecular complexity index is 138. The fourth-order valence-electron chi connectivity index (χ4n) is 1.12. The van der Waals surface area contributed by atoms with E-state index in [0.29, 0.717) is 19.6 Å². The van der Waals surface area contributed by atoms with Crippen LogP contribution in [0.2, 0.25) is 0 Å². The molecule has 1 unspecified atom stereocenters. The number of amides is 1. The minimum Gasteiger partial charge on any atom is -0.391 e. The Kier molecular flexibility index (Phi) is 2.24. The van der Waals surface area contributed by atoms with E-state index in [4.69, 9.17) is 10.8 Å². The Labute approximate surface area is 59.6 Å². The van der Waals surface area contributed by atoms with Crippen LogP contribution >= 0.6 is 0 Å². The van der Waals surface area contributed by atoms with Gasteiger partial charge >= 0.3 is 0 Å². The van der Waals surface area contributed by atoms with E-state index >= 15 is 0 Å². The fourth-order valence-corrected chi connectivity index (χ4v) is 1.12. The maximum atomic E-state index is 10.9. The Balaban J connectivity index is 2.39. The lowest BCUT2D eigenvalue weighted by molar-refractivity contribution is -0.127. The zero-order chi connectivity index (χ0) is 7.56. The van der Waals surface area contributed by atoms with E-state index in [-0.39, 0.29) is 12.3 Å². The molecular weight excluding hydrogens is 132 g/mol. The first-order valence-electron chi connectivity index (χ1n) is 3.40. The monoisotopic (exact) mass is 144 g/mol. The molecule has 1 amide bonds. The van der Waals surface area contributed by atoms with Gasteiger partial charge in [-0.25, -0.2) is 0 Å². The summed E-state index contributed by atoms with van der Waals surface area (Å²) >= 11 is 0. The second-order valence-corrected chi connectivity index (χ2v) is 2.49. The molecule has 1 atom stereocenters. The van der Waals surface area contributed by atoms with Crippen LogP contribution in [-0.4, -0.2) is 41.7 Å². The summed E-state index contributed by atoms with van der Waals surface area (Å²) in [5, 5.41) is 8.99. The summed E-state index contributed by atoms with van der Waals surface area (Å²) in [7, 11) is 0. The van der Waals surface area contributed by atoms with E-state index in [0.717, 1.165) is 0 Å². The second-order valence-electron chi connectivity index (χ2n) is 2.49. The third-order valence-electron chi connectivity index (χ3n) is 1.59. The number of nitrogens with zero attached hydrogens (tertiary/aromatic N) is 1. The van der Waals surface area contributed by atoms with E-state index in [1.54, 1.807) is 4.90 Å². The van der Waals surface area contributed by atoms with Crippen LogP contribution < -0.4 is 5.73 Å². The van der Waals surface area contributed by atoms with E-state index in [2.05, 4.69) is 0 Å². The second kappa shape index (κ2) is 2.98. The Morgan fingerprint density at radius 3 is 2.90 bits per heavy atom. The number of carbonyl (C=O) groups excluding carboxylic acids is 1. The van der Waals surface area contributed by atoms with Gasteiger partial charge in [0.05, 0.1) is 12.5 Å². The Morgan fingerprint density at radius 2 is 2.50 bits per heavy atom. The van der Waals surface area contributed by atoms with Crippen molar-refractivity contribution in [1.29, 1.82) is 0 Å². The van der Waals surface area contributed by atoms with E-state index in [9.17, 15) is 4.79 Å². The molecule has 4 heteroatoms. The highest BCUT2D eigenvalue weighted by atomic mass is 16.3. The van der Waals surface area contributed by atoms with Gasteiger partial charge in [0.1, 0.15) is 0 Å². The van der Waals surface area contributed by atoms with Crippen molar-refractivity contribution in [3.63, 3.8) is 0 Å². The molecule has 4 nitrogen and oxygen atoms in total. The minimum absolute atomic E-state index is 0.0120. The molecule has 1 fully saturated rings. The first-order chi connectivity index (χ1) is 4.74. The number of hydrogen-bond donors (Lipinski definition) is 2. The molecule has 1 saturated heterocycles. The Hall–Kier alpha value is -0.610. The lowest BCUT2D eigenvalue weighted by Gasteiger charge is -2.12. The number of aliphatic hydroxyl groups is 1. The lowest BCUT2D eigenvalue weighted by atomic mass is 10.3. The summed E-state index contributed by atoms with van der Waals surface area (Å²) in [6.07, 6.45) is -0.209. The topological polar surface area (TPSA) is 66.6 Å². The highest BCUT2D eigenvalue weighted by Gasteiger charge is 2.26. The molecule has 1 aliphatic heterocycles. The fraction of sp³-hybridized carbons (Fsp3) is 0.833. The number of likely N-dealkylation sites (tertiary alicyclic amines) is 1. The van der Waals surface area contributed by atoms with Crippen LogP contribution in [0.15, 0.2) is 0 Å². The van der Waals surface area contributed by atoms with Gasteiger partial charge in [0.15, 0.2) is 0 Å². The number of carbonyl (C=O) groups is 1. The van der Waals surface area contributed by atoms with Gasteiger partial charge in [-0.05, 0) is 0 Å². The number of β-amino-alcohol motifs (C(OH)–C–C–N with tert-alkyl or cyclic N) is 1. The maximum absolute atomic E-state index is 10.9. The van der Waals surface area contributed by atoms with Gasteiger partial charge in [-0.3, -0.25) is 4.79 Å². The van der Waals surface area contributed by atoms with Crippen molar-refractivity contribution in [2.24, 2.45) is 5.73 Å². The largest absolute Gasteiger partial charge is 0.391 e. The molecule has 3 N–H and O–H groups in total. The van der Waals surface area contributed by atoms with Crippen LogP contribution in [0.5, 0.6) is 0 Å².